The zero-order valence-electron chi connectivity index (χ0n) is 11.2. The summed E-state index contributed by atoms with van der Waals surface area (Å²) >= 11 is 0. The first-order chi connectivity index (χ1) is 9.45. The van der Waals surface area contributed by atoms with Gasteiger partial charge >= 0.3 is 0 Å². The molecule has 0 saturated heterocycles. The second-order valence-electron chi connectivity index (χ2n) is 4.67. The van der Waals surface area contributed by atoms with Crippen LogP contribution >= 0.6 is 0 Å². The molecule has 0 radical (unpaired) electrons. The smallest absolute Gasteiger partial charge is 0.271 e. The molecule has 0 aliphatic carbocycles. The van der Waals surface area contributed by atoms with Crippen LogP contribution in [0, 0.1) is 0 Å². The Hall–Kier alpha value is -1.57. The second kappa shape index (κ2) is 6.25. The summed E-state index contributed by atoms with van der Waals surface area (Å²) in [6.07, 6.45) is 3.42. The molecule has 2 aromatic heterocycles. The Morgan fingerprint density at radius 3 is 2.70 bits per heavy atom. The van der Waals surface area contributed by atoms with Crippen molar-refractivity contribution in [1.82, 2.24) is 5.32 Å². The van der Waals surface area contributed by atoms with Crippen LogP contribution in [-0.4, -0.2) is 14.5 Å². The normalized spacial score (nSPS) is 13.5. The molecule has 3 N–H and O–H groups in total. The highest BCUT2D eigenvalue weighted by molar-refractivity contribution is 7.89. The Labute approximate surface area is 118 Å². The van der Waals surface area contributed by atoms with Crippen molar-refractivity contribution in [2.75, 3.05) is 0 Å². The van der Waals surface area contributed by atoms with E-state index in [-0.39, 0.29) is 11.1 Å². The summed E-state index contributed by atoms with van der Waals surface area (Å²) in [6.45, 7) is 2.50. The minimum Gasteiger partial charge on any atom is -0.469 e. The Bertz CT molecular complexity index is 631. The van der Waals surface area contributed by atoms with Crippen LogP contribution in [0.3, 0.4) is 0 Å². The molecular weight excluding hydrogens is 280 g/mol. The lowest BCUT2D eigenvalue weighted by atomic mass is 10.1. The van der Waals surface area contributed by atoms with Crippen LogP contribution in [0.5, 0.6) is 0 Å². The molecule has 0 bridgehead atoms. The first-order valence-electron chi connectivity index (χ1n) is 6.32. The van der Waals surface area contributed by atoms with Gasteiger partial charge in [0.1, 0.15) is 11.5 Å². The zero-order chi connectivity index (χ0) is 14.6. The number of rotatable bonds is 7. The van der Waals surface area contributed by atoms with Gasteiger partial charge in [0.05, 0.1) is 12.8 Å². The van der Waals surface area contributed by atoms with Crippen molar-refractivity contribution < 1.29 is 17.3 Å². The van der Waals surface area contributed by atoms with Gasteiger partial charge in [0, 0.05) is 12.5 Å². The fraction of sp³-hybridized carbons (Fsp3) is 0.385. The van der Waals surface area contributed by atoms with Gasteiger partial charge in [-0.3, -0.25) is 0 Å². The Morgan fingerprint density at radius 2 is 2.10 bits per heavy atom. The van der Waals surface area contributed by atoms with E-state index in [1.54, 1.807) is 12.3 Å². The monoisotopic (exact) mass is 298 g/mol. The van der Waals surface area contributed by atoms with Crippen molar-refractivity contribution in [3.05, 3.63) is 42.0 Å². The van der Waals surface area contributed by atoms with Crippen molar-refractivity contribution in [3.63, 3.8) is 0 Å². The van der Waals surface area contributed by atoms with Crippen LogP contribution in [0.25, 0.3) is 0 Å². The molecule has 0 amide bonds. The van der Waals surface area contributed by atoms with Crippen molar-refractivity contribution in [1.29, 1.82) is 0 Å². The number of furan rings is 2. The van der Waals surface area contributed by atoms with Crippen molar-refractivity contribution in [2.24, 2.45) is 5.14 Å². The summed E-state index contributed by atoms with van der Waals surface area (Å²) < 4.78 is 32.6. The van der Waals surface area contributed by atoms with E-state index in [0.717, 1.165) is 18.6 Å². The lowest BCUT2D eigenvalue weighted by Crippen LogP contribution is -2.25. The van der Waals surface area contributed by atoms with Gasteiger partial charge < -0.3 is 14.2 Å². The van der Waals surface area contributed by atoms with Crippen LogP contribution in [-0.2, 0) is 23.0 Å². The maximum atomic E-state index is 11.1. The highest BCUT2D eigenvalue weighted by Gasteiger charge is 2.13. The third-order valence-corrected chi connectivity index (χ3v) is 3.73. The predicted octanol–water partition coefficient (Wildman–Crippen LogP) is 1.63. The van der Waals surface area contributed by atoms with Gasteiger partial charge in [0.25, 0.3) is 10.0 Å². The quantitative estimate of drug-likeness (QED) is 0.809. The summed E-state index contributed by atoms with van der Waals surface area (Å²) in [4.78, 5) is 0. The molecule has 1 unspecified atom stereocenters. The lowest BCUT2D eigenvalue weighted by molar-refractivity contribution is 0.385. The lowest BCUT2D eigenvalue weighted by Gasteiger charge is -2.11. The molecular formula is C13H18N2O4S. The SMILES string of the molecule is CC(CCc1ccco1)NCc1ccc(S(N)(=O)=O)o1. The molecule has 6 nitrogen and oxygen atoms in total. The Morgan fingerprint density at radius 1 is 1.30 bits per heavy atom. The van der Waals surface area contributed by atoms with Gasteiger partial charge in [-0.25, -0.2) is 13.6 Å². The first kappa shape index (κ1) is 14.8. The summed E-state index contributed by atoms with van der Waals surface area (Å²) in [5.41, 5.74) is 0. The molecule has 2 rings (SSSR count). The highest BCUT2D eigenvalue weighted by Crippen LogP contribution is 2.12. The number of aryl methyl sites for hydroxylation is 1. The molecule has 0 aliphatic rings. The van der Waals surface area contributed by atoms with E-state index in [0.29, 0.717) is 12.3 Å². The number of nitrogens with one attached hydrogen (secondary N) is 1. The summed E-state index contributed by atoms with van der Waals surface area (Å²) in [5.74, 6) is 1.49. The molecule has 0 saturated carbocycles. The molecule has 0 aliphatic heterocycles. The van der Waals surface area contributed by atoms with Crippen molar-refractivity contribution >= 4 is 10.0 Å². The summed E-state index contributed by atoms with van der Waals surface area (Å²) in [5, 5.41) is 8.02. The Balaban J connectivity index is 1.78. The first-order valence-corrected chi connectivity index (χ1v) is 7.87. The Kier molecular flexibility index (Phi) is 4.64. The van der Waals surface area contributed by atoms with Crippen molar-refractivity contribution in [2.45, 2.75) is 37.4 Å². The van der Waals surface area contributed by atoms with E-state index >= 15 is 0 Å². The maximum Gasteiger partial charge on any atom is 0.271 e. The molecule has 1 atom stereocenters. The van der Waals surface area contributed by atoms with E-state index in [2.05, 4.69) is 5.32 Å². The van der Waals surface area contributed by atoms with Gasteiger partial charge in [-0.05, 0) is 37.6 Å². The van der Waals surface area contributed by atoms with Crippen LogP contribution < -0.4 is 10.5 Å². The number of hydrogen-bond acceptors (Lipinski definition) is 5. The zero-order valence-corrected chi connectivity index (χ0v) is 12.0. The maximum absolute atomic E-state index is 11.1. The van der Waals surface area contributed by atoms with E-state index in [4.69, 9.17) is 14.0 Å². The number of hydrogen-bond donors (Lipinski definition) is 2. The third-order valence-electron chi connectivity index (χ3n) is 2.95. The van der Waals surface area contributed by atoms with Crippen LogP contribution in [0.2, 0.25) is 0 Å². The fourth-order valence-corrected chi connectivity index (χ4v) is 2.28. The van der Waals surface area contributed by atoms with E-state index in [1.165, 1.54) is 6.07 Å². The average molecular weight is 298 g/mol. The van der Waals surface area contributed by atoms with Crippen molar-refractivity contribution in [3.8, 4) is 0 Å². The van der Waals surface area contributed by atoms with Gasteiger partial charge in [0.15, 0.2) is 0 Å². The number of primary sulfonamides is 1. The summed E-state index contributed by atoms with van der Waals surface area (Å²) in [6, 6.07) is 7.03. The minimum atomic E-state index is -3.77. The predicted molar refractivity (Wildman–Crippen MR) is 73.4 cm³/mol. The fourth-order valence-electron chi connectivity index (χ4n) is 1.80. The largest absolute Gasteiger partial charge is 0.469 e. The molecule has 0 aromatic carbocycles. The number of nitrogens with two attached hydrogens (primary N) is 1. The average Bonchev–Trinajstić information content (AvgIpc) is 3.04. The van der Waals surface area contributed by atoms with Crippen LogP contribution in [0.4, 0.5) is 0 Å². The van der Waals surface area contributed by atoms with E-state index in [9.17, 15) is 8.42 Å². The van der Waals surface area contributed by atoms with Gasteiger partial charge in [-0.1, -0.05) is 0 Å². The van der Waals surface area contributed by atoms with Crippen LogP contribution in [0.15, 0.2) is 44.5 Å². The molecule has 20 heavy (non-hydrogen) atoms. The van der Waals surface area contributed by atoms with E-state index in [1.807, 2.05) is 19.1 Å². The number of sulfonamides is 1. The molecule has 0 spiro atoms. The van der Waals surface area contributed by atoms with Crippen LogP contribution in [0.1, 0.15) is 24.9 Å². The standard InChI is InChI=1S/C13H18N2O4S/c1-10(4-5-11-3-2-8-18-11)15-9-12-6-7-13(19-12)20(14,16)17/h2-3,6-8,10,15H,4-5,9H2,1H3,(H2,14,16,17). The molecule has 2 heterocycles. The third kappa shape index (κ3) is 4.22. The molecule has 0 fully saturated rings. The minimum absolute atomic E-state index is 0.211. The summed E-state index contributed by atoms with van der Waals surface area (Å²) in [7, 11) is -3.77. The molecule has 7 heteroatoms. The molecule has 2 aromatic rings. The highest BCUT2D eigenvalue weighted by atomic mass is 32.2. The van der Waals surface area contributed by atoms with Gasteiger partial charge in [-0.15, -0.1) is 0 Å². The molecule has 110 valence electrons. The van der Waals surface area contributed by atoms with Gasteiger partial charge in [-0.2, -0.15) is 0 Å². The van der Waals surface area contributed by atoms with E-state index < -0.39 is 10.0 Å². The second-order valence-corrected chi connectivity index (χ2v) is 6.16. The topological polar surface area (TPSA) is 98.5 Å². The van der Waals surface area contributed by atoms with Gasteiger partial charge in [0.2, 0.25) is 5.09 Å².